The number of ether oxygens (including phenoxy) is 1. The Balaban J connectivity index is 1.73. The molecule has 0 aliphatic heterocycles. The van der Waals surface area contributed by atoms with E-state index in [2.05, 4.69) is 0 Å². The van der Waals surface area contributed by atoms with E-state index in [1.165, 1.54) is 55.5 Å². The van der Waals surface area contributed by atoms with Crippen molar-refractivity contribution in [1.82, 2.24) is 0 Å². The van der Waals surface area contributed by atoms with Gasteiger partial charge in [-0.05, 0) is 37.3 Å². The van der Waals surface area contributed by atoms with Crippen LogP contribution >= 0.6 is 22.9 Å². The Bertz CT molecular complexity index is 1410. The molecule has 156 valence electrons. The summed E-state index contributed by atoms with van der Waals surface area (Å²) < 4.78 is 25.3. The van der Waals surface area contributed by atoms with E-state index in [-0.39, 0.29) is 48.5 Å². The van der Waals surface area contributed by atoms with E-state index < -0.39 is 22.1 Å². The van der Waals surface area contributed by atoms with Crippen LogP contribution in [0.2, 0.25) is 5.02 Å². The molecule has 0 saturated heterocycles. The summed E-state index contributed by atoms with van der Waals surface area (Å²) in [5.41, 5.74) is -0.406. The summed E-state index contributed by atoms with van der Waals surface area (Å²) in [5.74, 6) is -1.22. The van der Waals surface area contributed by atoms with Crippen LogP contribution in [0.3, 0.4) is 0 Å². The molecular weight excluding hydrogens is 449 g/mol. The first-order valence-corrected chi connectivity index (χ1v) is 9.94. The standard InChI is InChI=1S/C21H11ClFNO6S/c1-10-18(19-13(22)3-2-4-14(19)23)20(25)12-6-5-11(9-15(12)29-10)30-21(26)16-7-8-17(31-16)24(27)28/h2-9H,1H3. The van der Waals surface area contributed by atoms with Gasteiger partial charge in [0.1, 0.15) is 27.8 Å². The molecule has 0 aliphatic carbocycles. The lowest BCUT2D eigenvalue weighted by atomic mass is 10.0. The van der Waals surface area contributed by atoms with Crippen LogP contribution in [0.15, 0.2) is 57.7 Å². The van der Waals surface area contributed by atoms with Gasteiger partial charge in [-0.15, -0.1) is 0 Å². The fourth-order valence-corrected chi connectivity index (χ4v) is 4.02. The molecular formula is C21H11ClFNO6S. The first-order valence-electron chi connectivity index (χ1n) is 8.74. The van der Waals surface area contributed by atoms with Gasteiger partial charge in [0, 0.05) is 17.7 Å². The van der Waals surface area contributed by atoms with E-state index in [0.29, 0.717) is 11.3 Å². The van der Waals surface area contributed by atoms with Crippen LogP contribution in [-0.4, -0.2) is 10.9 Å². The molecule has 0 fully saturated rings. The lowest BCUT2D eigenvalue weighted by molar-refractivity contribution is -0.380. The van der Waals surface area contributed by atoms with Crippen molar-refractivity contribution in [2.75, 3.05) is 0 Å². The van der Waals surface area contributed by atoms with Gasteiger partial charge in [0.05, 0.1) is 20.9 Å². The van der Waals surface area contributed by atoms with Gasteiger partial charge in [0.25, 0.3) is 0 Å². The number of nitrogens with zero attached hydrogens (tertiary/aromatic N) is 1. The predicted octanol–water partition coefficient (Wildman–Crippen LogP) is 5.75. The second-order valence-corrected chi connectivity index (χ2v) is 7.87. The Morgan fingerprint density at radius 3 is 2.65 bits per heavy atom. The Hall–Kier alpha value is -3.56. The highest BCUT2D eigenvalue weighted by Crippen LogP contribution is 2.33. The van der Waals surface area contributed by atoms with Crippen LogP contribution in [0.5, 0.6) is 5.75 Å². The van der Waals surface area contributed by atoms with Crippen LogP contribution in [0, 0.1) is 22.9 Å². The summed E-state index contributed by atoms with van der Waals surface area (Å²) in [6.07, 6.45) is 0. The second kappa shape index (κ2) is 7.93. The largest absolute Gasteiger partial charge is 0.460 e. The zero-order chi connectivity index (χ0) is 22.3. The van der Waals surface area contributed by atoms with Crippen molar-refractivity contribution in [3.8, 4) is 16.9 Å². The van der Waals surface area contributed by atoms with Gasteiger partial charge in [-0.25, -0.2) is 9.18 Å². The van der Waals surface area contributed by atoms with E-state index in [4.69, 9.17) is 20.8 Å². The molecule has 0 radical (unpaired) electrons. The van der Waals surface area contributed by atoms with Gasteiger partial charge in [-0.3, -0.25) is 14.9 Å². The second-order valence-electron chi connectivity index (χ2n) is 6.40. The molecule has 0 spiro atoms. The number of nitro groups is 1. The molecule has 2 heterocycles. The lowest BCUT2D eigenvalue weighted by Crippen LogP contribution is -2.10. The van der Waals surface area contributed by atoms with Crippen molar-refractivity contribution >= 4 is 44.9 Å². The maximum absolute atomic E-state index is 14.4. The van der Waals surface area contributed by atoms with Gasteiger partial charge in [-0.2, -0.15) is 0 Å². The van der Waals surface area contributed by atoms with E-state index in [1.807, 2.05) is 0 Å². The molecule has 2 aromatic carbocycles. The highest BCUT2D eigenvalue weighted by atomic mass is 35.5. The maximum atomic E-state index is 14.4. The minimum Gasteiger partial charge on any atom is -0.460 e. The number of hydrogen-bond donors (Lipinski definition) is 0. The molecule has 7 nitrogen and oxygen atoms in total. The van der Waals surface area contributed by atoms with Crippen molar-refractivity contribution in [2.24, 2.45) is 0 Å². The maximum Gasteiger partial charge on any atom is 0.353 e. The fraction of sp³-hybridized carbons (Fsp3) is 0.0476. The Morgan fingerprint density at radius 1 is 1.19 bits per heavy atom. The van der Waals surface area contributed by atoms with E-state index in [1.54, 1.807) is 0 Å². The molecule has 2 aromatic heterocycles. The Kier molecular flexibility index (Phi) is 5.30. The van der Waals surface area contributed by atoms with E-state index >= 15 is 0 Å². The molecule has 0 bridgehead atoms. The number of benzene rings is 2. The molecule has 0 saturated carbocycles. The summed E-state index contributed by atoms with van der Waals surface area (Å²) in [6.45, 7) is 1.50. The SMILES string of the molecule is Cc1oc2cc(OC(=O)c3ccc([N+](=O)[O-])s3)ccc2c(=O)c1-c1c(F)cccc1Cl. The molecule has 4 aromatic rings. The Morgan fingerprint density at radius 2 is 1.97 bits per heavy atom. The van der Waals surface area contributed by atoms with Crippen LogP contribution in [0.4, 0.5) is 9.39 Å². The summed E-state index contributed by atoms with van der Waals surface area (Å²) in [5, 5.41) is 10.8. The van der Waals surface area contributed by atoms with Gasteiger partial charge < -0.3 is 9.15 Å². The smallest absolute Gasteiger partial charge is 0.353 e. The number of fused-ring (bicyclic) bond motifs is 1. The van der Waals surface area contributed by atoms with Gasteiger partial charge in [-0.1, -0.05) is 29.0 Å². The number of thiophene rings is 1. The first kappa shape index (κ1) is 20.7. The summed E-state index contributed by atoms with van der Waals surface area (Å²) in [6, 6.07) is 10.7. The fourth-order valence-electron chi connectivity index (χ4n) is 3.07. The highest BCUT2D eigenvalue weighted by molar-refractivity contribution is 7.17. The van der Waals surface area contributed by atoms with Crippen LogP contribution < -0.4 is 10.2 Å². The molecule has 4 rings (SSSR count). The van der Waals surface area contributed by atoms with Gasteiger partial charge in [0.15, 0.2) is 0 Å². The minimum absolute atomic E-state index is 0.00578. The zero-order valence-electron chi connectivity index (χ0n) is 15.7. The van der Waals surface area contributed by atoms with E-state index in [0.717, 1.165) is 0 Å². The first-order chi connectivity index (χ1) is 14.8. The number of halogens is 2. The lowest BCUT2D eigenvalue weighted by Gasteiger charge is -2.10. The number of rotatable bonds is 4. The third-order valence-electron chi connectivity index (χ3n) is 4.44. The third kappa shape index (κ3) is 3.80. The zero-order valence-corrected chi connectivity index (χ0v) is 17.3. The molecule has 0 aliphatic rings. The van der Waals surface area contributed by atoms with Crippen molar-refractivity contribution in [3.05, 3.63) is 90.3 Å². The Labute approximate surface area is 182 Å². The predicted molar refractivity (Wildman–Crippen MR) is 114 cm³/mol. The minimum atomic E-state index is -0.786. The average molecular weight is 460 g/mol. The third-order valence-corrected chi connectivity index (χ3v) is 5.77. The monoisotopic (exact) mass is 459 g/mol. The number of carbonyl (C=O) groups excluding carboxylic acids is 1. The van der Waals surface area contributed by atoms with Crippen molar-refractivity contribution < 1.29 is 23.3 Å². The number of esters is 1. The van der Waals surface area contributed by atoms with Crippen molar-refractivity contribution in [3.63, 3.8) is 0 Å². The number of hydrogen-bond acceptors (Lipinski definition) is 7. The van der Waals surface area contributed by atoms with E-state index in [9.17, 15) is 24.1 Å². The number of aryl methyl sites for hydroxylation is 1. The van der Waals surface area contributed by atoms with Gasteiger partial charge >= 0.3 is 11.0 Å². The van der Waals surface area contributed by atoms with Crippen LogP contribution in [-0.2, 0) is 0 Å². The van der Waals surface area contributed by atoms with Gasteiger partial charge in [0.2, 0.25) is 5.43 Å². The summed E-state index contributed by atoms with van der Waals surface area (Å²) in [7, 11) is 0. The van der Waals surface area contributed by atoms with Crippen molar-refractivity contribution in [2.45, 2.75) is 6.92 Å². The normalized spacial score (nSPS) is 10.9. The summed E-state index contributed by atoms with van der Waals surface area (Å²) in [4.78, 5) is 35.5. The average Bonchev–Trinajstić information content (AvgIpc) is 3.21. The summed E-state index contributed by atoms with van der Waals surface area (Å²) >= 11 is 6.79. The van der Waals surface area contributed by atoms with Crippen molar-refractivity contribution in [1.29, 1.82) is 0 Å². The molecule has 0 unspecified atom stereocenters. The van der Waals surface area contributed by atoms with Crippen LogP contribution in [0.1, 0.15) is 15.4 Å². The molecule has 0 atom stereocenters. The quantitative estimate of drug-likeness (QED) is 0.167. The highest BCUT2D eigenvalue weighted by Gasteiger charge is 2.21. The number of carbonyl (C=O) groups is 1. The molecule has 0 amide bonds. The topological polar surface area (TPSA) is 99.7 Å². The van der Waals surface area contributed by atoms with Crippen LogP contribution in [0.25, 0.3) is 22.1 Å². The molecule has 31 heavy (non-hydrogen) atoms. The molecule has 10 heteroatoms. The molecule has 0 N–H and O–H groups in total.